The first-order valence-corrected chi connectivity index (χ1v) is 8.55. The number of H-pyrrole nitrogens is 1. The van der Waals surface area contributed by atoms with Gasteiger partial charge in [0, 0.05) is 6.20 Å². The van der Waals surface area contributed by atoms with Crippen molar-refractivity contribution in [2.75, 3.05) is 0 Å². The van der Waals surface area contributed by atoms with Gasteiger partial charge in [0.25, 0.3) is 5.56 Å². The van der Waals surface area contributed by atoms with Crippen LogP contribution in [0.1, 0.15) is 15.9 Å². The molecular weight excluding hydrogens is 384 g/mol. The molecule has 0 saturated carbocycles. The van der Waals surface area contributed by atoms with Gasteiger partial charge in [-0.2, -0.15) is 5.10 Å². The fourth-order valence-corrected chi connectivity index (χ4v) is 2.82. The number of halogens is 1. The molecule has 2 aromatic heterocycles. The van der Waals surface area contributed by atoms with Gasteiger partial charge in [0.15, 0.2) is 0 Å². The van der Waals surface area contributed by atoms with Crippen molar-refractivity contribution >= 4 is 28.5 Å². The molecule has 0 aliphatic heterocycles. The van der Waals surface area contributed by atoms with Crippen LogP contribution < -0.4 is 10.3 Å². The van der Waals surface area contributed by atoms with Crippen LogP contribution in [0.3, 0.4) is 0 Å². The van der Waals surface area contributed by atoms with Gasteiger partial charge in [-0.05, 0) is 36.8 Å². The molecule has 0 unspecified atom stereocenters. The predicted molar refractivity (Wildman–Crippen MR) is 103 cm³/mol. The summed E-state index contributed by atoms with van der Waals surface area (Å²) < 4.78 is 7.00. The number of ether oxygens (including phenoxy) is 1. The molecule has 0 fully saturated rings. The molecule has 28 heavy (non-hydrogen) atoms. The van der Waals surface area contributed by atoms with E-state index >= 15 is 0 Å². The van der Waals surface area contributed by atoms with Gasteiger partial charge >= 0.3 is 5.97 Å². The highest BCUT2D eigenvalue weighted by atomic mass is 35.5. The average Bonchev–Trinajstić information content (AvgIpc) is 3.16. The smallest absolute Gasteiger partial charge is 0.338 e. The molecule has 0 saturated heterocycles. The normalized spacial score (nSPS) is 10.9. The number of carboxylic acids is 1. The number of aryl methyl sites for hydroxylation is 1. The fraction of sp³-hybridized carbons (Fsp3) is 0.0526. The zero-order valence-corrected chi connectivity index (χ0v) is 15.3. The maximum atomic E-state index is 12.5. The molecule has 4 aromatic rings. The Morgan fingerprint density at radius 2 is 2.11 bits per heavy atom. The van der Waals surface area contributed by atoms with Gasteiger partial charge in [0.1, 0.15) is 11.5 Å². The summed E-state index contributed by atoms with van der Waals surface area (Å²) in [4.78, 5) is 30.4. The molecule has 0 amide bonds. The summed E-state index contributed by atoms with van der Waals surface area (Å²) in [6, 6.07) is 10.3. The topological polar surface area (TPSA) is 110 Å². The van der Waals surface area contributed by atoms with Crippen LogP contribution in [0.2, 0.25) is 5.02 Å². The zero-order valence-electron chi connectivity index (χ0n) is 14.5. The molecule has 0 radical (unpaired) electrons. The van der Waals surface area contributed by atoms with Gasteiger partial charge in [0.05, 0.1) is 27.7 Å². The number of rotatable bonds is 4. The predicted octanol–water partition coefficient (Wildman–Crippen LogP) is 3.56. The van der Waals surface area contributed by atoms with Crippen molar-refractivity contribution in [3.8, 4) is 17.4 Å². The molecular formula is C19H13ClN4O4. The third-order valence-electron chi connectivity index (χ3n) is 4.10. The Labute approximate surface area is 163 Å². The molecule has 4 rings (SSSR count). The van der Waals surface area contributed by atoms with E-state index in [9.17, 15) is 9.59 Å². The van der Waals surface area contributed by atoms with Gasteiger partial charge in [-0.15, -0.1) is 0 Å². The summed E-state index contributed by atoms with van der Waals surface area (Å²) in [6.45, 7) is 1.87. The third kappa shape index (κ3) is 3.21. The van der Waals surface area contributed by atoms with E-state index < -0.39 is 11.5 Å². The number of aromatic amines is 1. The Balaban J connectivity index is 1.72. The van der Waals surface area contributed by atoms with Crippen molar-refractivity contribution in [2.45, 2.75) is 6.92 Å². The molecule has 0 bridgehead atoms. The minimum absolute atomic E-state index is 0.0125. The highest BCUT2D eigenvalue weighted by Gasteiger charge is 2.12. The van der Waals surface area contributed by atoms with Crippen LogP contribution in [-0.2, 0) is 0 Å². The Kier molecular flexibility index (Phi) is 4.32. The van der Waals surface area contributed by atoms with Gasteiger partial charge in [0.2, 0.25) is 5.95 Å². The first-order valence-electron chi connectivity index (χ1n) is 8.18. The van der Waals surface area contributed by atoms with E-state index in [0.29, 0.717) is 27.4 Å². The maximum Gasteiger partial charge on any atom is 0.338 e. The minimum atomic E-state index is -1.12. The SMILES string of the molecule is Cc1cccc(Oc2ccc3nc(-n4cc(C(=O)O)cn4)[nH]c(=O)c3c2)c1Cl. The van der Waals surface area contributed by atoms with Gasteiger partial charge in [-0.1, -0.05) is 23.7 Å². The van der Waals surface area contributed by atoms with Crippen molar-refractivity contribution < 1.29 is 14.6 Å². The Morgan fingerprint density at radius 1 is 1.29 bits per heavy atom. The van der Waals surface area contributed by atoms with Crippen LogP contribution in [0, 0.1) is 6.92 Å². The standard InChI is InChI=1S/C19H13ClN4O4/c1-10-3-2-4-15(16(10)20)28-12-5-6-14-13(7-12)17(25)23-19(22-14)24-9-11(8-21-24)18(26)27/h2-9H,1H3,(H,26,27)(H,22,23,25). The van der Waals surface area contributed by atoms with E-state index in [0.717, 1.165) is 5.56 Å². The highest BCUT2D eigenvalue weighted by molar-refractivity contribution is 6.32. The molecule has 2 N–H and O–H groups in total. The highest BCUT2D eigenvalue weighted by Crippen LogP contribution is 2.32. The van der Waals surface area contributed by atoms with Crippen LogP contribution in [-0.4, -0.2) is 30.8 Å². The fourth-order valence-electron chi connectivity index (χ4n) is 2.65. The molecule has 0 aliphatic rings. The minimum Gasteiger partial charge on any atom is -0.478 e. The number of nitrogens with one attached hydrogen (secondary N) is 1. The van der Waals surface area contributed by atoms with Gasteiger partial charge in [-0.25, -0.2) is 14.5 Å². The van der Waals surface area contributed by atoms with Crippen LogP contribution in [0.5, 0.6) is 11.5 Å². The second-order valence-corrected chi connectivity index (χ2v) is 6.41. The van der Waals surface area contributed by atoms with Gasteiger partial charge < -0.3 is 9.84 Å². The zero-order chi connectivity index (χ0) is 19.8. The molecule has 9 heteroatoms. The van der Waals surface area contributed by atoms with Crippen LogP contribution in [0.4, 0.5) is 0 Å². The number of fused-ring (bicyclic) bond motifs is 1. The number of hydrogen-bond donors (Lipinski definition) is 2. The second kappa shape index (κ2) is 6.82. The lowest BCUT2D eigenvalue weighted by Gasteiger charge is -2.10. The van der Waals surface area contributed by atoms with E-state index in [-0.39, 0.29) is 11.5 Å². The second-order valence-electron chi connectivity index (χ2n) is 6.04. The summed E-state index contributed by atoms with van der Waals surface area (Å²) in [5, 5.41) is 13.7. The van der Waals surface area contributed by atoms with E-state index in [1.165, 1.54) is 17.1 Å². The molecule has 8 nitrogen and oxygen atoms in total. The lowest BCUT2D eigenvalue weighted by Crippen LogP contribution is -2.14. The van der Waals surface area contributed by atoms with Crippen LogP contribution in [0.25, 0.3) is 16.9 Å². The Morgan fingerprint density at radius 3 is 2.86 bits per heavy atom. The number of benzene rings is 2. The van der Waals surface area contributed by atoms with E-state index in [1.54, 1.807) is 24.3 Å². The summed E-state index contributed by atoms with van der Waals surface area (Å²) in [6.07, 6.45) is 2.44. The number of aromatic carboxylic acids is 1. The number of nitrogens with zero attached hydrogens (tertiary/aromatic N) is 3. The summed E-state index contributed by atoms with van der Waals surface area (Å²) in [5.41, 5.74) is 0.868. The lowest BCUT2D eigenvalue weighted by molar-refractivity contribution is 0.0697. The number of aromatic nitrogens is 4. The number of carbonyl (C=O) groups is 1. The Bertz CT molecular complexity index is 1280. The average molecular weight is 397 g/mol. The maximum absolute atomic E-state index is 12.5. The Hall–Kier alpha value is -3.65. The summed E-state index contributed by atoms with van der Waals surface area (Å²) in [5.74, 6) is -0.0848. The molecule has 2 heterocycles. The van der Waals surface area contributed by atoms with E-state index in [2.05, 4.69) is 15.1 Å². The molecule has 2 aromatic carbocycles. The molecule has 0 aliphatic carbocycles. The van der Waals surface area contributed by atoms with Crippen molar-refractivity contribution in [1.29, 1.82) is 0 Å². The van der Waals surface area contributed by atoms with Gasteiger partial charge in [-0.3, -0.25) is 9.78 Å². The first-order chi connectivity index (χ1) is 13.4. The molecule has 0 spiro atoms. The lowest BCUT2D eigenvalue weighted by atomic mass is 10.2. The van der Waals surface area contributed by atoms with Crippen molar-refractivity contribution in [2.24, 2.45) is 0 Å². The largest absolute Gasteiger partial charge is 0.478 e. The first kappa shape index (κ1) is 17.7. The van der Waals surface area contributed by atoms with Crippen LogP contribution >= 0.6 is 11.6 Å². The summed E-state index contributed by atoms with van der Waals surface area (Å²) >= 11 is 6.25. The van der Waals surface area contributed by atoms with E-state index in [4.69, 9.17) is 21.4 Å². The van der Waals surface area contributed by atoms with Crippen molar-refractivity contribution in [3.63, 3.8) is 0 Å². The number of carboxylic acid groups (broad SMARTS) is 1. The number of hydrogen-bond acceptors (Lipinski definition) is 5. The molecule has 140 valence electrons. The van der Waals surface area contributed by atoms with E-state index in [1.807, 2.05) is 19.1 Å². The van der Waals surface area contributed by atoms with Crippen LogP contribution in [0.15, 0.2) is 53.6 Å². The van der Waals surface area contributed by atoms with Crippen molar-refractivity contribution in [1.82, 2.24) is 19.7 Å². The summed E-state index contributed by atoms with van der Waals surface area (Å²) in [7, 11) is 0. The monoisotopic (exact) mass is 396 g/mol. The molecule has 0 atom stereocenters. The quantitative estimate of drug-likeness (QED) is 0.545. The van der Waals surface area contributed by atoms with Crippen molar-refractivity contribution in [3.05, 3.63) is 75.3 Å². The third-order valence-corrected chi connectivity index (χ3v) is 4.58.